The van der Waals surface area contributed by atoms with Crippen LogP contribution in [0.4, 0.5) is 0 Å². The van der Waals surface area contributed by atoms with Gasteiger partial charge in [0.2, 0.25) is 0 Å². The monoisotopic (exact) mass is 446 g/mol. The quantitative estimate of drug-likeness (QED) is 0.155. The van der Waals surface area contributed by atoms with Crippen LogP contribution in [0.3, 0.4) is 0 Å². The Hall–Kier alpha value is -1.18. The second-order valence-corrected chi connectivity index (χ2v) is 7.61. The maximum atomic E-state index is 11.6. The fraction of sp³-hybridized carbons (Fsp3) is 0.917. The maximum Gasteiger partial charge on any atom is 0.305 e. The fourth-order valence-electron chi connectivity index (χ4n) is 2.86. The molecule has 0 aromatic rings. The van der Waals surface area contributed by atoms with Gasteiger partial charge in [0, 0.05) is 12.8 Å². The standard InChI is InChI=1S/C24H46O7/c1-3-5-7-9-10-12-14-24(26)31-22-20-29-18-16-27-15-17-28-19-21-30-23(25)13-11-8-6-4-2/h3-22H2,1-2H3. The number of rotatable bonds is 24. The van der Waals surface area contributed by atoms with Gasteiger partial charge in [-0.05, 0) is 12.8 Å². The molecule has 7 nitrogen and oxygen atoms in total. The van der Waals surface area contributed by atoms with E-state index in [0.29, 0.717) is 52.5 Å². The van der Waals surface area contributed by atoms with E-state index in [2.05, 4.69) is 13.8 Å². The Morgan fingerprint density at radius 2 is 0.774 bits per heavy atom. The highest BCUT2D eigenvalue weighted by molar-refractivity contribution is 5.69. The molecule has 0 heterocycles. The molecule has 0 aliphatic carbocycles. The number of ether oxygens (including phenoxy) is 5. The van der Waals surface area contributed by atoms with E-state index < -0.39 is 0 Å². The molecular weight excluding hydrogens is 400 g/mol. The molecule has 0 rings (SSSR count). The van der Waals surface area contributed by atoms with Gasteiger partial charge in [-0.15, -0.1) is 0 Å². The Bertz CT molecular complexity index is 401. The van der Waals surface area contributed by atoms with Gasteiger partial charge in [0.05, 0.1) is 39.6 Å². The lowest BCUT2D eigenvalue weighted by Crippen LogP contribution is -2.15. The summed E-state index contributed by atoms with van der Waals surface area (Å²) in [5.41, 5.74) is 0. The summed E-state index contributed by atoms with van der Waals surface area (Å²) < 4.78 is 26.4. The zero-order valence-corrected chi connectivity index (χ0v) is 20.0. The topological polar surface area (TPSA) is 80.3 Å². The van der Waals surface area contributed by atoms with E-state index in [9.17, 15) is 9.59 Å². The van der Waals surface area contributed by atoms with E-state index in [1.807, 2.05) is 0 Å². The highest BCUT2D eigenvalue weighted by Crippen LogP contribution is 2.07. The average molecular weight is 447 g/mol. The summed E-state index contributed by atoms with van der Waals surface area (Å²) in [7, 11) is 0. The predicted molar refractivity (Wildman–Crippen MR) is 121 cm³/mol. The van der Waals surface area contributed by atoms with Crippen LogP contribution in [0.25, 0.3) is 0 Å². The molecule has 0 N–H and O–H groups in total. The first-order valence-corrected chi connectivity index (χ1v) is 12.2. The summed E-state index contributed by atoms with van der Waals surface area (Å²) in [5, 5.41) is 0. The van der Waals surface area contributed by atoms with E-state index in [1.54, 1.807) is 0 Å². The summed E-state index contributed by atoms with van der Waals surface area (Å²) in [5.74, 6) is -0.296. The number of unbranched alkanes of at least 4 members (excludes halogenated alkanes) is 8. The average Bonchev–Trinajstić information content (AvgIpc) is 2.77. The molecule has 0 aromatic heterocycles. The van der Waals surface area contributed by atoms with Crippen LogP contribution in [0.1, 0.15) is 90.9 Å². The third-order valence-corrected chi connectivity index (χ3v) is 4.69. The first kappa shape index (κ1) is 29.8. The molecule has 0 unspecified atom stereocenters. The molecule has 0 aliphatic heterocycles. The van der Waals surface area contributed by atoms with Crippen LogP contribution in [-0.2, 0) is 33.3 Å². The summed E-state index contributed by atoms with van der Waals surface area (Å²) >= 11 is 0. The largest absolute Gasteiger partial charge is 0.463 e. The van der Waals surface area contributed by atoms with E-state index in [-0.39, 0.29) is 25.2 Å². The van der Waals surface area contributed by atoms with Gasteiger partial charge in [-0.1, -0.05) is 65.2 Å². The predicted octanol–water partition coefficient (Wildman–Crippen LogP) is 4.84. The van der Waals surface area contributed by atoms with Crippen LogP contribution < -0.4 is 0 Å². The molecule has 0 fully saturated rings. The molecule has 31 heavy (non-hydrogen) atoms. The van der Waals surface area contributed by atoms with Gasteiger partial charge in [0.15, 0.2) is 0 Å². The highest BCUT2D eigenvalue weighted by Gasteiger charge is 2.03. The van der Waals surface area contributed by atoms with Crippen molar-refractivity contribution in [3.63, 3.8) is 0 Å². The summed E-state index contributed by atoms with van der Waals surface area (Å²) in [4.78, 5) is 23.1. The van der Waals surface area contributed by atoms with E-state index in [0.717, 1.165) is 38.5 Å². The third kappa shape index (κ3) is 25.0. The van der Waals surface area contributed by atoms with E-state index in [1.165, 1.54) is 25.7 Å². The number of hydrogen-bond acceptors (Lipinski definition) is 7. The molecule has 0 radical (unpaired) electrons. The van der Waals surface area contributed by atoms with Crippen LogP contribution in [0.15, 0.2) is 0 Å². The minimum Gasteiger partial charge on any atom is -0.463 e. The summed E-state index contributed by atoms with van der Waals surface area (Å²) in [6.07, 6.45) is 12.2. The summed E-state index contributed by atoms with van der Waals surface area (Å²) in [6, 6.07) is 0. The van der Waals surface area contributed by atoms with Crippen LogP contribution in [0.2, 0.25) is 0 Å². The Morgan fingerprint density at radius 1 is 0.452 bits per heavy atom. The molecule has 0 bridgehead atoms. The second-order valence-electron chi connectivity index (χ2n) is 7.61. The van der Waals surface area contributed by atoms with Gasteiger partial charge in [0.1, 0.15) is 13.2 Å². The van der Waals surface area contributed by atoms with Gasteiger partial charge in [-0.2, -0.15) is 0 Å². The lowest BCUT2D eigenvalue weighted by Gasteiger charge is -2.08. The molecule has 0 aliphatic rings. The Morgan fingerprint density at radius 3 is 1.19 bits per heavy atom. The number of hydrogen-bond donors (Lipinski definition) is 0. The highest BCUT2D eigenvalue weighted by atomic mass is 16.6. The molecule has 0 atom stereocenters. The summed E-state index contributed by atoms with van der Waals surface area (Å²) in [6.45, 7) is 7.49. The van der Waals surface area contributed by atoms with Crippen molar-refractivity contribution in [2.75, 3.05) is 52.9 Å². The third-order valence-electron chi connectivity index (χ3n) is 4.69. The molecule has 0 saturated heterocycles. The Labute approximate surface area is 189 Å². The molecule has 0 spiro atoms. The van der Waals surface area contributed by atoms with Crippen LogP contribution in [0.5, 0.6) is 0 Å². The molecule has 7 heteroatoms. The zero-order chi connectivity index (χ0) is 22.8. The van der Waals surface area contributed by atoms with Gasteiger partial charge in [0.25, 0.3) is 0 Å². The zero-order valence-electron chi connectivity index (χ0n) is 20.0. The maximum absolute atomic E-state index is 11.6. The molecule has 184 valence electrons. The van der Waals surface area contributed by atoms with E-state index >= 15 is 0 Å². The normalized spacial score (nSPS) is 10.9. The lowest BCUT2D eigenvalue weighted by atomic mass is 10.1. The smallest absolute Gasteiger partial charge is 0.305 e. The molecule has 0 amide bonds. The van der Waals surface area contributed by atoms with Crippen molar-refractivity contribution in [3.8, 4) is 0 Å². The number of carbonyl (C=O) groups excluding carboxylic acids is 2. The van der Waals surface area contributed by atoms with Gasteiger partial charge in [-0.3, -0.25) is 9.59 Å². The van der Waals surface area contributed by atoms with Crippen molar-refractivity contribution in [3.05, 3.63) is 0 Å². The number of esters is 2. The van der Waals surface area contributed by atoms with Crippen molar-refractivity contribution < 1.29 is 33.3 Å². The van der Waals surface area contributed by atoms with Crippen LogP contribution >= 0.6 is 0 Å². The van der Waals surface area contributed by atoms with Gasteiger partial charge < -0.3 is 23.7 Å². The minimum absolute atomic E-state index is 0.144. The van der Waals surface area contributed by atoms with Crippen molar-refractivity contribution >= 4 is 11.9 Å². The van der Waals surface area contributed by atoms with Crippen LogP contribution in [-0.4, -0.2) is 64.8 Å². The number of carbonyl (C=O) groups is 2. The van der Waals surface area contributed by atoms with E-state index in [4.69, 9.17) is 23.7 Å². The SMILES string of the molecule is CCCCCCCCC(=O)OCCOCCOCCOCCOC(=O)CCCCCC. The van der Waals surface area contributed by atoms with Crippen molar-refractivity contribution in [1.29, 1.82) is 0 Å². The van der Waals surface area contributed by atoms with Crippen molar-refractivity contribution in [2.24, 2.45) is 0 Å². The Kier molecular flexibility index (Phi) is 24.1. The Balaban J connectivity index is 3.19. The van der Waals surface area contributed by atoms with Gasteiger partial charge >= 0.3 is 11.9 Å². The minimum atomic E-state index is -0.152. The molecule has 0 aromatic carbocycles. The van der Waals surface area contributed by atoms with Crippen molar-refractivity contribution in [2.45, 2.75) is 90.9 Å². The van der Waals surface area contributed by atoms with Crippen molar-refractivity contribution in [1.82, 2.24) is 0 Å². The molecule has 0 saturated carbocycles. The first-order chi connectivity index (χ1) is 15.2. The lowest BCUT2D eigenvalue weighted by molar-refractivity contribution is -0.146. The van der Waals surface area contributed by atoms with Crippen LogP contribution in [0, 0.1) is 0 Å². The fourth-order valence-corrected chi connectivity index (χ4v) is 2.86. The first-order valence-electron chi connectivity index (χ1n) is 12.2. The molecular formula is C24H46O7. The van der Waals surface area contributed by atoms with Gasteiger partial charge in [-0.25, -0.2) is 0 Å². The second kappa shape index (κ2) is 25.1.